The molecule has 0 aromatic heterocycles. The maximum atomic E-state index is 14.0. The molecule has 0 fully saturated rings. The smallest absolute Gasteiger partial charge is 0.128 e. The highest BCUT2D eigenvalue weighted by Gasteiger charge is 2.19. The van der Waals surface area contributed by atoms with Crippen molar-refractivity contribution in [2.24, 2.45) is 5.84 Å². The van der Waals surface area contributed by atoms with Crippen molar-refractivity contribution in [2.75, 3.05) is 0 Å². The Kier molecular flexibility index (Phi) is 4.43. The predicted octanol–water partition coefficient (Wildman–Crippen LogP) is 3.96. The van der Waals surface area contributed by atoms with Gasteiger partial charge in [-0.2, -0.15) is 0 Å². The molecule has 2 aromatic rings. The molecule has 106 valence electrons. The first kappa shape index (κ1) is 15.0. The summed E-state index contributed by atoms with van der Waals surface area (Å²) in [6.07, 6.45) is 0. The minimum Gasteiger partial charge on any atom is -0.271 e. The molecule has 0 aliphatic heterocycles. The number of hydrazine groups is 1. The van der Waals surface area contributed by atoms with Gasteiger partial charge in [0.2, 0.25) is 0 Å². The summed E-state index contributed by atoms with van der Waals surface area (Å²) >= 11 is 5.97. The van der Waals surface area contributed by atoms with Crippen LogP contribution in [0.1, 0.15) is 33.9 Å². The van der Waals surface area contributed by atoms with E-state index in [-0.39, 0.29) is 5.82 Å². The minimum atomic E-state index is -0.423. The molecule has 20 heavy (non-hydrogen) atoms. The molecule has 0 bridgehead atoms. The summed E-state index contributed by atoms with van der Waals surface area (Å²) in [4.78, 5) is 0. The monoisotopic (exact) mass is 292 g/mol. The number of halogens is 2. The van der Waals surface area contributed by atoms with E-state index in [1.807, 2.05) is 19.9 Å². The molecule has 0 heterocycles. The van der Waals surface area contributed by atoms with Crippen LogP contribution in [0.25, 0.3) is 0 Å². The van der Waals surface area contributed by atoms with Crippen LogP contribution in [0.4, 0.5) is 4.39 Å². The van der Waals surface area contributed by atoms with Crippen LogP contribution >= 0.6 is 11.6 Å². The highest BCUT2D eigenvalue weighted by atomic mass is 35.5. The number of nitrogens with one attached hydrogen (secondary N) is 1. The molecule has 0 aliphatic rings. The highest BCUT2D eigenvalue weighted by Crippen LogP contribution is 2.29. The summed E-state index contributed by atoms with van der Waals surface area (Å²) in [5, 5.41) is 0.489. The maximum Gasteiger partial charge on any atom is 0.128 e. The number of rotatable bonds is 3. The molecule has 0 saturated carbocycles. The van der Waals surface area contributed by atoms with E-state index in [1.165, 1.54) is 17.7 Å². The van der Waals surface area contributed by atoms with E-state index in [9.17, 15) is 4.39 Å². The van der Waals surface area contributed by atoms with Crippen LogP contribution in [0.5, 0.6) is 0 Å². The standard InChI is InChI=1S/C16H18ClFN2/c1-9-6-11(3)13(7-10(9)2)16(20-19)14-8-12(17)4-5-15(14)18/h4-8,16,20H,19H2,1-3H3. The van der Waals surface area contributed by atoms with E-state index in [2.05, 4.69) is 18.4 Å². The first-order chi connectivity index (χ1) is 9.43. The topological polar surface area (TPSA) is 38.0 Å². The fourth-order valence-electron chi connectivity index (χ4n) is 2.38. The van der Waals surface area contributed by atoms with Crippen LogP contribution in [0.2, 0.25) is 5.02 Å². The summed E-state index contributed by atoms with van der Waals surface area (Å²) < 4.78 is 14.0. The van der Waals surface area contributed by atoms with E-state index in [0.717, 1.165) is 16.7 Å². The van der Waals surface area contributed by atoms with E-state index in [1.54, 1.807) is 6.07 Å². The van der Waals surface area contributed by atoms with Crippen molar-refractivity contribution in [2.45, 2.75) is 26.8 Å². The van der Waals surface area contributed by atoms with Crippen LogP contribution in [-0.4, -0.2) is 0 Å². The quantitative estimate of drug-likeness (QED) is 0.664. The van der Waals surface area contributed by atoms with Gasteiger partial charge in [0.1, 0.15) is 5.82 Å². The summed E-state index contributed by atoms with van der Waals surface area (Å²) in [5.41, 5.74) is 7.51. The Morgan fingerprint density at radius 1 is 1.00 bits per heavy atom. The molecule has 0 aliphatic carbocycles. The first-order valence-electron chi connectivity index (χ1n) is 6.43. The molecule has 2 rings (SSSR count). The normalized spacial score (nSPS) is 12.5. The molecule has 2 aromatic carbocycles. The van der Waals surface area contributed by atoms with Crippen molar-refractivity contribution in [3.8, 4) is 0 Å². The van der Waals surface area contributed by atoms with Crippen molar-refractivity contribution >= 4 is 11.6 Å². The molecule has 2 nitrogen and oxygen atoms in total. The number of benzene rings is 2. The van der Waals surface area contributed by atoms with Crippen LogP contribution in [0, 0.1) is 26.6 Å². The average Bonchev–Trinajstić information content (AvgIpc) is 2.40. The van der Waals surface area contributed by atoms with E-state index in [0.29, 0.717) is 10.6 Å². The van der Waals surface area contributed by atoms with E-state index in [4.69, 9.17) is 17.4 Å². The van der Waals surface area contributed by atoms with Crippen molar-refractivity contribution in [3.63, 3.8) is 0 Å². The van der Waals surface area contributed by atoms with Gasteiger partial charge in [0.05, 0.1) is 6.04 Å². The molecule has 1 atom stereocenters. The number of hydrogen-bond donors (Lipinski definition) is 2. The zero-order valence-electron chi connectivity index (χ0n) is 11.8. The van der Waals surface area contributed by atoms with Gasteiger partial charge in [-0.3, -0.25) is 5.84 Å². The van der Waals surface area contributed by atoms with Gasteiger partial charge >= 0.3 is 0 Å². The van der Waals surface area contributed by atoms with Crippen molar-refractivity contribution in [1.82, 2.24) is 5.43 Å². The minimum absolute atomic E-state index is 0.324. The van der Waals surface area contributed by atoms with Gasteiger partial charge in [0, 0.05) is 10.6 Å². The predicted molar refractivity (Wildman–Crippen MR) is 81.2 cm³/mol. The van der Waals surface area contributed by atoms with Crippen molar-refractivity contribution < 1.29 is 4.39 Å². The van der Waals surface area contributed by atoms with Crippen LogP contribution in [0.15, 0.2) is 30.3 Å². The lowest BCUT2D eigenvalue weighted by Gasteiger charge is -2.21. The highest BCUT2D eigenvalue weighted by molar-refractivity contribution is 6.30. The second-order valence-corrected chi connectivity index (χ2v) is 5.50. The molecule has 0 saturated heterocycles. The van der Waals surface area contributed by atoms with Gasteiger partial charge in [-0.1, -0.05) is 23.7 Å². The Morgan fingerprint density at radius 2 is 1.65 bits per heavy atom. The Labute approximate surface area is 123 Å². The lowest BCUT2D eigenvalue weighted by atomic mass is 9.92. The third kappa shape index (κ3) is 2.85. The van der Waals surface area contributed by atoms with Gasteiger partial charge in [0.25, 0.3) is 0 Å². The molecule has 0 radical (unpaired) electrons. The zero-order chi connectivity index (χ0) is 14.9. The van der Waals surface area contributed by atoms with Gasteiger partial charge in [-0.25, -0.2) is 9.82 Å². The number of aryl methyl sites for hydroxylation is 3. The fourth-order valence-corrected chi connectivity index (χ4v) is 2.56. The fraction of sp³-hybridized carbons (Fsp3) is 0.250. The average molecular weight is 293 g/mol. The molecule has 1 unspecified atom stereocenters. The zero-order valence-corrected chi connectivity index (χ0v) is 12.6. The Morgan fingerprint density at radius 3 is 2.30 bits per heavy atom. The van der Waals surface area contributed by atoms with Gasteiger partial charge in [-0.05, 0) is 61.2 Å². The van der Waals surface area contributed by atoms with E-state index < -0.39 is 6.04 Å². The number of hydrogen-bond acceptors (Lipinski definition) is 2. The molecular formula is C16H18ClFN2. The van der Waals surface area contributed by atoms with Crippen LogP contribution in [0.3, 0.4) is 0 Å². The van der Waals surface area contributed by atoms with Gasteiger partial charge in [0.15, 0.2) is 0 Å². The Balaban J connectivity index is 2.58. The van der Waals surface area contributed by atoms with Crippen LogP contribution < -0.4 is 11.3 Å². The third-order valence-corrected chi connectivity index (χ3v) is 3.86. The van der Waals surface area contributed by atoms with Gasteiger partial charge in [-0.15, -0.1) is 0 Å². The molecular weight excluding hydrogens is 275 g/mol. The van der Waals surface area contributed by atoms with E-state index >= 15 is 0 Å². The molecule has 3 N–H and O–H groups in total. The first-order valence-corrected chi connectivity index (χ1v) is 6.80. The maximum absolute atomic E-state index is 14.0. The summed E-state index contributed by atoms with van der Waals surface area (Å²) in [6, 6.07) is 8.19. The largest absolute Gasteiger partial charge is 0.271 e. The SMILES string of the molecule is Cc1cc(C)c(C(NN)c2cc(Cl)ccc2F)cc1C. The molecule has 0 amide bonds. The molecule has 0 spiro atoms. The van der Waals surface area contributed by atoms with Crippen molar-refractivity contribution in [3.05, 3.63) is 69.0 Å². The van der Waals surface area contributed by atoms with Crippen molar-refractivity contribution in [1.29, 1.82) is 0 Å². The van der Waals surface area contributed by atoms with Crippen LogP contribution in [-0.2, 0) is 0 Å². The Hall–Kier alpha value is -1.42. The third-order valence-electron chi connectivity index (χ3n) is 3.63. The lowest BCUT2D eigenvalue weighted by Crippen LogP contribution is -2.30. The van der Waals surface area contributed by atoms with Gasteiger partial charge < -0.3 is 0 Å². The second-order valence-electron chi connectivity index (χ2n) is 5.06. The second kappa shape index (κ2) is 5.92. The Bertz CT molecular complexity index is 641. The lowest BCUT2D eigenvalue weighted by molar-refractivity contribution is 0.558. The summed E-state index contributed by atoms with van der Waals surface area (Å²) in [5.74, 6) is 5.33. The summed E-state index contributed by atoms with van der Waals surface area (Å²) in [6.45, 7) is 6.08. The molecule has 4 heteroatoms. The number of nitrogens with two attached hydrogens (primary N) is 1. The summed E-state index contributed by atoms with van der Waals surface area (Å²) in [7, 11) is 0.